The van der Waals surface area contributed by atoms with Gasteiger partial charge in [-0.05, 0) is 30.2 Å². The first-order chi connectivity index (χ1) is 9.66. The topological polar surface area (TPSA) is 52.0 Å². The summed E-state index contributed by atoms with van der Waals surface area (Å²) in [7, 11) is 0. The van der Waals surface area contributed by atoms with Crippen molar-refractivity contribution in [3.63, 3.8) is 0 Å². The molecule has 3 aromatic rings. The molecule has 0 amide bonds. The van der Waals surface area contributed by atoms with E-state index in [-0.39, 0.29) is 0 Å². The minimum Gasteiger partial charge on any atom is -0.380 e. The summed E-state index contributed by atoms with van der Waals surface area (Å²) in [6, 6.07) is 15.4. The quantitative estimate of drug-likeness (QED) is 0.751. The summed E-state index contributed by atoms with van der Waals surface area (Å²) in [4.78, 5) is 0. The third-order valence-electron chi connectivity index (χ3n) is 3.22. The predicted octanol–water partition coefficient (Wildman–Crippen LogP) is 4.55. The maximum Gasteiger partial charge on any atom is 0.176 e. The van der Waals surface area contributed by atoms with Crippen LogP contribution in [0, 0.1) is 6.92 Å². The van der Waals surface area contributed by atoms with Gasteiger partial charge in [-0.25, -0.2) is 0 Å². The zero-order valence-corrected chi connectivity index (χ0v) is 11.7. The number of rotatable bonds is 2. The van der Waals surface area contributed by atoms with Crippen molar-refractivity contribution in [2.24, 2.45) is 0 Å². The van der Waals surface area contributed by atoms with Crippen LogP contribution < -0.4 is 5.73 Å². The Labute approximate surface area is 122 Å². The molecule has 2 aromatic carbocycles. The number of aryl methyl sites for hydroxylation is 1. The molecular formula is C16H13ClN2O. The highest BCUT2D eigenvalue weighted by molar-refractivity contribution is 6.30. The summed E-state index contributed by atoms with van der Waals surface area (Å²) in [5.74, 6) is 1.02. The summed E-state index contributed by atoms with van der Waals surface area (Å²) in [6.45, 7) is 2.03. The van der Waals surface area contributed by atoms with Crippen LogP contribution in [-0.4, -0.2) is 5.16 Å². The Kier molecular flexibility index (Phi) is 3.20. The fraction of sp³-hybridized carbons (Fsp3) is 0.0625. The fourth-order valence-corrected chi connectivity index (χ4v) is 2.43. The smallest absolute Gasteiger partial charge is 0.176 e. The molecule has 0 saturated carbocycles. The van der Waals surface area contributed by atoms with Crippen molar-refractivity contribution in [2.75, 3.05) is 5.73 Å². The molecule has 4 heteroatoms. The summed E-state index contributed by atoms with van der Waals surface area (Å²) in [5, 5.41) is 4.55. The Balaban J connectivity index is 2.23. The van der Waals surface area contributed by atoms with Gasteiger partial charge in [0.15, 0.2) is 11.6 Å². The maximum atomic E-state index is 6.04. The largest absolute Gasteiger partial charge is 0.380 e. The molecule has 0 atom stereocenters. The van der Waals surface area contributed by atoms with E-state index in [0.29, 0.717) is 16.6 Å². The van der Waals surface area contributed by atoms with Crippen molar-refractivity contribution < 1.29 is 4.52 Å². The normalized spacial score (nSPS) is 10.7. The second kappa shape index (κ2) is 5.02. The first kappa shape index (κ1) is 12.8. The van der Waals surface area contributed by atoms with E-state index in [1.807, 2.05) is 55.5 Å². The lowest BCUT2D eigenvalue weighted by atomic mass is 9.98. The van der Waals surface area contributed by atoms with Crippen molar-refractivity contribution in [3.8, 4) is 22.5 Å². The molecule has 0 fully saturated rings. The molecule has 1 aromatic heterocycles. The minimum absolute atomic E-state index is 0.384. The molecule has 0 bridgehead atoms. The van der Waals surface area contributed by atoms with Gasteiger partial charge in [0, 0.05) is 10.6 Å². The van der Waals surface area contributed by atoms with Crippen LogP contribution in [0.15, 0.2) is 53.1 Å². The lowest BCUT2D eigenvalue weighted by Gasteiger charge is -2.06. The van der Waals surface area contributed by atoms with Gasteiger partial charge >= 0.3 is 0 Å². The Bertz CT molecular complexity index is 765. The molecule has 100 valence electrons. The molecule has 0 aliphatic heterocycles. The van der Waals surface area contributed by atoms with Crippen LogP contribution in [-0.2, 0) is 0 Å². The zero-order valence-electron chi connectivity index (χ0n) is 10.9. The third kappa shape index (κ3) is 2.17. The van der Waals surface area contributed by atoms with Crippen molar-refractivity contribution >= 4 is 17.4 Å². The second-order valence-corrected chi connectivity index (χ2v) is 5.03. The Morgan fingerprint density at radius 2 is 1.90 bits per heavy atom. The molecule has 20 heavy (non-hydrogen) atoms. The average Bonchev–Trinajstić information content (AvgIpc) is 2.81. The Morgan fingerprint density at radius 1 is 1.10 bits per heavy atom. The van der Waals surface area contributed by atoms with Crippen LogP contribution in [0.2, 0.25) is 5.02 Å². The maximum absolute atomic E-state index is 6.04. The first-order valence-corrected chi connectivity index (χ1v) is 6.61. The SMILES string of the molecule is Cc1ccccc1-c1c(N)noc1-c1cccc(Cl)c1. The van der Waals surface area contributed by atoms with Crippen molar-refractivity contribution in [2.45, 2.75) is 6.92 Å². The highest BCUT2D eigenvalue weighted by Crippen LogP contribution is 2.38. The lowest BCUT2D eigenvalue weighted by Crippen LogP contribution is -1.90. The van der Waals surface area contributed by atoms with Crippen LogP contribution in [0.3, 0.4) is 0 Å². The molecule has 0 spiro atoms. The Hall–Kier alpha value is -2.26. The van der Waals surface area contributed by atoms with Crippen LogP contribution in [0.25, 0.3) is 22.5 Å². The lowest BCUT2D eigenvalue weighted by molar-refractivity contribution is 0.436. The number of benzene rings is 2. The van der Waals surface area contributed by atoms with E-state index >= 15 is 0 Å². The molecule has 3 nitrogen and oxygen atoms in total. The molecule has 0 aliphatic rings. The molecular weight excluding hydrogens is 272 g/mol. The van der Waals surface area contributed by atoms with E-state index in [1.54, 1.807) is 0 Å². The van der Waals surface area contributed by atoms with E-state index in [2.05, 4.69) is 5.16 Å². The number of nitrogens with two attached hydrogens (primary N) is 1. The first-order valence-electron chi connectivity index (χ1n) is 6.24. The van der Waals surface area contributed by atoms with Crippen LogP contribution in [0.4, 0.5) is 5.82 Å². The summed E-state index contributed by atoms with van der Waals surface area (Å²) in [5.41, 5.74) is 9.78. The second-order valence-electron chi connectivity index (χ2n) is 4.60. The fourth-order valence-electron chi connectivity index (χ4n) is 2.24. The summed E-state index contributed by atoms with van der Waals surface area (Å²) < 4.78 is 5.41. The van der Waals surface area contributed by atoms with Gasteiger partial charge in [-0.1, -0.05) is 53.2 Å². The van der Waals surface area contributed by atoms with E-state index in [0.717, 1.165) is 22.3 Å². The van der Waals surface area contributed by atoms with Gasteiger partial charge in [0.05, 0.1) is 5.56 Å². The highest BCUT2D eigenvalue weighted by Gasteiger charge is 2.18. The standard InChI is InChI=1S/C16H13ClN2O/c1-10-5-2-3-8-13(10)14-15(20-19-16(14)18)11-6-4-7-12(17)9-11/h2-9H,1H3,(H2,18,19). The van der Waals surface area contributed by atoms with E-state index in [9.17, 15) is 0 Å². The molecule has 0 saturated heterocycles. The number of nitrogens with zero attached hydrogens (tertiary/aromatic N) is 1. The van der Waals surface area contributed by atoms with Crippen LogP contribution in [0.1, 0.15) is 5.56 Å². The number of hydrogen-bond donors (Lipinski definition) is 1. The molecule has 0 unspecified atom stereocenters. The average molecular weight is 285 g/mol. The molecule has 0 aliphatic carbocycles. The number of aromatic nitrogens is 1. The van der Waals surface area contributed by atoms with Crippen molar-refractivity contribution in [1.29, 1.82) is 0 Å². The number of anilines is 1. The monoisotopic (exact) mass is 284 g/mol. The number of nitrogen functional groups attached to an aromatic ring is 1. The molecule has 2 N–H and O–H groups in total. The van der Waals surface area contributed by atoms with Gasteiger partial charge in [-0.15, -0.1) is 0 Å². The highest BCUT2D eigenvalue weighted by atomic mass is 35.5. The Morgan fingerprint density at radius 3 is 2.65 bits per heavy atom. The predicted molar refractivity (Wildman–Crippen MR) is 81.5 cm³/mol. The number of halogens is 1. The van der Waals surface area contributed by atoms with E-state index in [4.69, 9.17) is 21.9 Å². The van der Waals surface area contributed by atoms with Gasteiger partial charge in [0.1, 0.15) is 0 Å². The molecule has 0 radical (unpaired) electrons. The molecule has 3 rings (SSSR count). The molecule has 1 heterocycles. The van der Waals surface area contributed by atoms with E-state index < -0.39 is 0 Å². The van der Waals surface area contributed by atoms with Gasteiger partial charge in [-0.3, -0.25) is 0 Å². The van der Waals surface area contributed by atoms with Crippen molar-refractivity contribution in [1.82, 2.24) is 5.16 Å². The van der Waals surface area contributed by atoms with Gasteiger partial charge in [-0.2, -0.15) is 0 Å². The van der Waals surface area contributed by atoms with Gasteiger partial charge in [0.2, 0.25) is 0 Å². The van der Waals surface area contributed by atoms with Gasteiger partial charge < -0.3 is 10.3 Å². The summed E-state index contributed by atoms with van der Waals surface area (Å²) in [6.07, 6.45) is 0. The zero-order chi connectivity index (χ0) is 14.1. The van der Waals surface area contributed by atoms with Crippen LogP contribution >= 0.6 is 11.6 Å². The van der Waals surface area contributed by atoms with Crippen molar-refractivity contribution in [3.05, 3.63) is 59.1 Å². The summed E-state index contributed by atoms with van der Waals surface area (Å²) >= 11 is 6.04. The third-order valence-corrected chi connectivity index (χ3v) is 3.45. The number of hydrogen-bond acceptors (Lipinski definition) is 3. The minimum atomic E-state index is 0.384. The van der Waals surface area contributed by atoms with Crippen LogP contribution in [0.5, 0.6) is 0 Å². The van der Waals surface area contributed by atoms with Gasteiger partial charge in [0.25, 0.3) is 0 Å². The van der Waals surface area contributed by atoms with E-state index in [1.165, 1.54) is 0 Å².